The first-order valence-electron chi connectivity index (χ1n) is 11.3. The van der Waals surface area contributed by atoms with Gasteiger partial charge >= 0.3 is 0 Å². The molecule has 3 amide bonds. The molecule has 0 saturated heterocycles. The zero-order chi connectivity index (χ0) is 22.8. The van der Waals surface area contributed by atoms with Gasteiger partial charge in [-0.25, -0.2) is 0 Å². The van der Waals surface area contributed by atoms with Gasteiger partial charge in [-0.15, -0.1) is 10.2 Å². The molecule has 2 aliphatic rings. The first-order valence-corrected chi connectivity index (χ1v) is 11.3. The lowest BCUT2D eigenvalue weighted by molar-refractivity contribution is 0.0642. The van der Waals surface area contributed by atoms with Crippen LogP contribution in [0.2, 0.25) is 0 Å². The van der Waals surface area contributed by atoms with Gasteiger partial charge in [-0.05, 0) is 36.6 Å². The zero-order valence-electron chi connectivity index (χ0n) is 18.3. The van der Waals surface area contributed by atoms with Crippen LogP contribution in [0.25, 0.3) is 0 Å². The van der Waals surface area contributed by atoms with Crippen LogP contribution in [0, 0.1) is 0 Å². The molecule has 5 rings (SSSR count). The van der Waals surface area contributed by atoms with Crippen LogP contribution >= 0.6 is 0 Å². The Bertz CT molecular complexity index is 1220. The molecule has 0 saturated carbocycles. The van der Waals surface area contributed by atoms with Crippen LogP contribution in [0.3, 0.4) is 0 Å². The number of benzene rings is 2. The average Bonchev–Trinajstić information content (AvgIpc) is 3.20. The lowest BCUT2D eigenvalue weighted by atomic mass is 10.1. The summed E-state index contributed by atoms with van der Waals surface area (Å²) in [5.74, 6) is 0.919. The number of carbonyl (C=O) groups is 3. The molecule has 1 aromatic heterocycles. The SMILES string of the molecule is O=C(NCCc1nnc2n1CCCCC2)c1ccc2c(c1)C(=O)N(Cc1ccccc1)C2=O. The summed E-state index contributed by atoms with van der Waals surface area (Å²) in [4.78, 5) is 39.5. The maximum atomic E-state index is 12.9. The quantitative estimate of drug-likeness (QED) is 0.591. The van der Waals surface area contributed by atoms with Crippen molar-refractivity contribution in [3.8, 4) is 0 Å². The second-order valence-electron chi connectivity index (χ2n) is 8.44. The van der Waals surface area contributed by atoms with Gasteiger partial charge in [-0.3, -0.25) is 19.3 Å². The van der Waals surface area contributed by atoms with Crippen LogP contribution in [0.5, 0.6) is 0 Å². The molecular formula is C25H25N5O3. The minimum atomic E-state index is -0.375. The highest BCUT2D eigenvalue weighted by molar-refractivity contribution is 6.22. The summed E-state index contributed by atoms with van der Waals surface area (Å²) in [5, 5.41) is 11.5. The molecule has 8 heteroatoms. The number of carbonyl (C=O) groups excluding carboxylic acids is 3. The molecule has 0 fully saturated rings. The summed E-state index contributed by atoms with van der Waals surface area (Å²) in [6.45, 7) is 1.55. The van der Waals surface area contributed by atoms with Crippen molar-refractivity contribution in [3.63, 3.8) is 0 Å². The van der Waals surface area contributed by atoms with E-state index in [1.807, 2.05) is 30.3 Å². The van der Waals surface area contributed by atoms with Crippen molar-refractivity contribution in [2.45, 2.75) is 45.2 Å². The third-order valence-corrected chi connectivity index (χ3v) is 6.24. The predicted octanol–water partition coefficient (Wildman–Crippen LogP) is 2.77. The van der Waals surface area contributed by atoms with Gasteiger partial charge < -0.3 is 9.88 Å². The van der Waals surface area contributed by atoms with E-state index in [1.165, 1.54) is 17.4 Å². The van der Waals surface area contributed by atoms with Gasteiger partial charge in [0, 0.05) is 31.5 Å². The van der Waals surface area contributed by atoms with Crippen LogP contribution in [-0.4, -0.2) is 43.9 Å². The number of imide groups is 1. The van der Waals surface area contributed by atoms with Gasteiger partial charge in [0.05, 0.1) is 17.7 Å². The van der Waals surface area contributed by atoms with Gasteiger partial charge in [0.15, 0.2) is 0 Å². The first-order chi connectivity index (χ1) is 16.1. The third kappa shape index (κ3) is 4.16. The second kappa shape index (κ2) is 8.97. The summed E-state index contributed by atoms with van der Waals surface area (Å²) in [6, 6.07) is 14.0. The number of hydrogen-bond donors (Lipinski definition) is 1. The van der Waals surface area contributed by atoms with Crippen molar-refractivity contribution in [2.75, 3.05) is 6.54 Å². The number of amides is 3. The summed E-state index contributed by atoms with van der Waals surface area (Å²) < 4.78 is 2.17. The van der Waals surface area contributed by atoms with Crippen LogP contribution in [0.1, 0.15) is 67.5 Å². The van der Waals surface area contributed by atoms with E-state index in [2.05, 4.69) is 20.1 Å². The second-order valence-corrected chi connectivity index (χ2v) is 8.44. The largest absolute Gasteiger partial charge is 0.352 e. The monoisotopic (exact) mass is 443 g/mol. The molecule has 168 valence electrons. The number of nitrogens with zero attached hydrogens (tertiary/aromatic N) is 4. The smallest absolute Gasteiger partial charge is 0.261 e. The number of hydrogen-bond acceptors (Lipinski definition) is 5. The Morgan fingerprint density at radius 2 is 1.76 bits per heavy atom. The Morgan fingerprint density at radius 3 is 2.61 bits per heavy atom. The minimum absolute atomic E-state index is 0.206. The van der Waals surface area contributed by atoms with Crippen LogP contribution in [0.15, 0.2) is 48.5 Å². The normalized spacial score (nSPS) is 15.2. The van der Waals surface area contributed by atoms with Crippen molar-refractivity contribution in [3.05, 3.63) is 82.4 Å². The van der Waals surface area contributed by atoms with Gasteiger partial charge in [-0.2, -0.15) is 0 Å². The number of fused-ring (bicyclic) bond motifs is 2. The molecule has 0 bridgehead atoms. The molecule has 0 unspecified atom stereocenters. The molecule has 3 aromatic rings. The molecule has 2 aliphatic heterocycles. The summed E-state index contributed by atoms with van der Waals surface area (Å²) >= 11 is 0. The van der Waals surface area contributed by atoms with E-state index >= 15 is 0 Å². The van der Waals surface area contributed by atoms with Crippen LogP contribution in [0.4, 0.5) is 0 Å². The number of nitrogens with one attached hydrogen (secondary N) is 1. The van der Waals surface area contributed by atoms with Gasteiger partial charge in [0.1, 0.15) is 11.6 Å². The lowest BCUT2D eigenvalue weighted by Crippen LogP contribution is -2.29. The van der Waals surface area contributed by atoms with Gasteiger partial charge in [0.2, 0.25) is 0 Å². The third-order valence-electron chi connectivity index (χ3n) is 6.24. The van der Waals surface area contributed by atoms with Crippen LogP contribution in [-0.2, 0) is 25.9 Å². The Morgan fingerprint density at radius 1 is 0.939 bits per heavy atom. The van der Waals surface area contributed by atoms with E-state index in [1.54, 1.807) is 12.1 Å². The first kappa shape index (κ1) is 21.1. The lowest BCUT2D eigenvalue weighted by Gasteiger charge is -2.13. The standard InChI is InChI=1S/C25H25N5O3/c31-23(26-13-12-22-28-27-21-9-5-2-6-14-29(21)22)18-10-11-19-20(15-18)25(33)30(24(19)32)16-17-7-3-1-4-8-17/h1,3-4,7-8,10-11,15H,2,5-6,9,12-14,16H2,(H,26,31). The maximum absolute atomic E-state index is 12.9. The predicted molar refractivity (Wildman–Crippen MR) is 121 cm³/mol. The average molecular weight is 444 g/mol. The molecule has 33 heavy (non-hydrogen) atoms. The van der Waals surface area contributed by atoms with E-state index in [0.717, 1.165) is 43.0 Å². The van der Waals surface area contributed by atoms with E-state index in [-0.39, 0.29) is 29.8 Å². The van der Waals surface area contributed by atoms with Crippen molar-refractivity contribution in [2.24, 2.45) is 0 Å². The van der Waals surface area contributed by atoms with Crippen molar-refractivity contribution < 1.29 is 14.4 Å². The molecule has 8 nitrogen and oxygen atoms in total. The molecule has 3 heterocycles. The Balaban J connectivity index is 1.24. The van der Waals surface area contributed by atoms with E-state index < -0.39 is 0 Å². The minimum Gasteiger partial charge on any atom is -0.352 e. The Kier molecular flexibility index (Phi) is 5.73. The van der Waals surface area contributed by atoms with Gasteiger partial charge in [0.25, 0.3) is 17.7 Å². The van der Waals surface area contributed by atoms with Crippen molar-refractivity contribution >= 4 is 17.7 Å². The fourth-order valence-electron chi connectivity index (χ4n) is 4.46. The Labute approximate surface area is 191 Å². The fourth-order valence-corrected chi connectivity index (χ4v) is 4.46. The van der Waals surface area contributed by atoms with E-state index in [0.29, 0.717) is 24.1 Å². The van der Waals surface area contributed by atoms with Crippen LogP contribution < -0.4 is 5.32 Å². The molecule has 0 spiro atoms. The highest BCUT2D eigenvalue weighted by Gasteiger charge is 2.36. The highest BCUT2D eigenvalue weighted by Crippen LogP contribution is 2.25. The maximum Gasteiger partial charge on any atom is 0.261 e. The summed E-state index contributed by atoms with van der Waals surface area (Å²) in [7, 11) is 0. The topological polar surface area (TPSA) is 97.2 Å². The number of aryl methyl sites for hydroxylation is 1. The van der Waals surface area contributed by atoms with E-state index in [4.69, 9.17) is 0 Å². The van der Waals surface area contributed by atoms with Gasteiger partial charge in [-0.1, -0.05) is 36.8 Å². The summed E-state index contributed by atoms with van der Waals surface area (Å²) in [5.41, 5.74) is 1.83. The number of aromatic nitrogens is 3. The number of rotatable bonds is 6. The molecule has 1 N–H and O–H groups in total. The molecule has 2 aromatic carbocycles. The molecule has 0 radical (unpaired) electrons. The highest BCUT2D eigenvalue weighted by atomic mass is 16.2. The Hall–Kier alpha value is -3.81. The van der Waals surface area contributed by atoms with Crippen molar-refractivity contribution in [1.82, 2.24) is 25.0 Å². The van der Waals surface area contributed by atoms with E-state index in [9.17, 15) is 14.4 Å². The van der Waals surface area contributed by atoms with Crippen molar-refractivity contribution in [1.29, 1.82) is 0 Å². The zero-order valence-corrected chi connectivity index (χ0v) is 18.3. The summed E-state index contributed by atoms with van der Waals surface area (Å²) in [6.07, 6.45) is 4.99. The molecular weight excluding hydrogens is 418 g/mol. The molecule has 0 atom stereocenters. The fraction of sp³-hybridized carbons (Fsp3) is 0.320. The molecule has 0 aliphatic carbocycles.